The van der Waals surface area contributed by atoms with Gasteiger partial charge in [0.25, 0.3) is 5.91 Å². The van der Waals surface area contributed by atoms with E-state index in [1.165, 1.54) is 0 Å². The SMILES string of the molecule is CCC(NC(=O)c1ccc(OCc2ccccc2Cl)cc1)c1ccc(OC)c(OC)c1. The van der Waals surface area contributed by atoms with Gasteiger partial charge >= 0.3 is 0 Å². The number of ether oxygens (including phenoxy) is 3. The Morgan fingerprint density at radius 2 is 1.68 bits per heavy atom. The van der Waals surface area contributed by atoms with Gasteiger partial charge in [-0.3, -0.25) is 4.79 Å². The molecule has 0 radical (unpaired) electrons. The minimum Gasteiger partial charge on any atom is -0.493 e. The molecule has 0 fully saturated rings. The van der Waals surface area contributed by atoms with Crippen LogP contribution in [0.4, 0.5) is 0 Å². The molecule has 1 amide bonds. The van der Waals surface area contributed by atoms with Crippen LogP contribution in [0.1, 0.15) is 40.9 Å². The number of rotatable bonds is 9. The van der Waals surface area contributed by atoms with Crippen molar-refractivity contribution in [1.82, 2.24) is 5.32 Å². The molecule has 0 heterocycles. The van der Waals surface area contributed by atoms with E-state index in [4.69, 9.17) is 25.8 Å². The van der Waals surface area contributed by atoms with E-state index in [2.05, 4.69) is 5.32 Å². The van der Waals surface area contributed by atoms with Crippen molar-refractivity contribution in [2.45, 2.75) is 26.0 Å². The van der Waals surface area contributed by atoms with Crippen molar-refractivity contribution >= 4 is 17.5 Å². The summed E-state index contributed by atoms with van der Waals surface area (Å²) in [5, 5.41) is 3.75. The summed E-state index contributed by atoms with van der Waals surface area (Å²) >= 11 is 6.16. The highest BCUT2D eigenvalue weighted by molar-refractivity contribution is 6.31. The maximum atomic E-state index is 12.8. The minimum absolute atomic E-state index is 0.150. The molecule has 3 rings (SSSR count). The summed E-state index contributed by atoms with van der Waals surface area (Å²) in [4.78, 5) is 12.8. The monoisotopic (exact) mass is 439 g/mol. The zero-order valence-electron chi connectivity index (χ0n) is 17.9. The molecule has 0 aliphatic carbocycles. The number of benzene rings is 3. The van der Waals surface area contributed by atoms with Gasteiger partial charge in [0.05, 0.1) is 20.3 Å². The van der Waals surface area contributed by atoms with Crippen LogP contribution in [0.3, 0.4) is 0 Å². The first-order valence-corrected chi connectivity index (χ1v) is 10.4. The molecule has 6 heteroatoms. The second-order valence-electron chi connectivity index (χ2n) is 6.95. The topological polar surface area (TPSA) is 56.8 Å². The highest BCUT2D eigenvalue weighted by atomic mass is 35.5. The standard InChI is InChI=1S/C25H26ClNO4/c1-4-22(18-11-14-23(29-2)24(15-18)30-3)27-25(28)17-9-12-20(13-10-17)31-16-19-7-5-6-8-21(19)26/h5-15,22H,4,16H2,1-3H3,(H,27,28). The highest BCUT2D eigenvalue weighted by Crippen LogP contribution is 2.31. The van der Waals surface area contributed by atoms with Gasteiger partial charge in [0.15, 0.2) is 11.5 Å². The molecule has 0 bridgehead atoms. The molecule has 0 saturated heterocycles. The molecular formula is C25H26ClNO4. The van der Waals surface area contributed by atoms with Crippen LogP contribution in [-0.4, -0.2) is 20.1 Å². The summed E-state index contributed by atoms with van der Waals surface area (Å²) in [5.41, 5.74) is 2.42. The van der Waals surface area contributed by atoms with Crippen LogP contribution in [-0.2, 0) is 6.61 Å². The zero-order valence-corrected chi connectivity index (χ0v) is 18.6. The average molecular weight is 440 g/mol. The average Bonchev–Trinajstić information content (AvgIpc) is 2.81. The number of hydrogen-bond donors (Lipinski definition) is 1. The second kappa shape index (κ2) is 10.7. The van der Waals surface area contributed by atoms with Gasteiger partial charge in [-0.2, -0.15) is 0 Å². The molecule has 1 atom stereocenters. The number of amides is 1. The molecule has 0 saturated carbocycles. The first-order valence-electron chi connectivity index (χ1n) is 10.0. The van der Waals surface area contributed by atoms with Gasteiger partial charge in [-0.15, -0.1) is 0 Å². The number of nitrogens with one attached hydrogen (secondary N) is 1. The van der Waals surface area contributed by atoms with E-state index >= 15 is 0 Å². The molecule has 0 aliphatic rings. The Morgan fingerprint density at radius 1 is 0.968 bits per heavy atom. The van der Waals surface area contributed by atoms with Crippen molar-refractivity contribution in [3.8, 4) is 17.2 Å². The predicted molar refractivity (Wildman–Crippen MR) is 122 cm³/mol. The van der Waals surface area contributed by atoms with E-state index in [0.29, 0.717) is 34.4 Å². The van der Waals surface area contributed by atoms with Crippen LogP contribution < -0.4 is 19.5 Å². The summed E-state index contributed by atoms with van der Waals surface area (Å²) in [6.45, 7) is 2.38. The third-order valence-electron chi connectivity index (χ3n) is 4.99. The lowest BCUT2D eigenvalue weighted by Gasteiger charge is -2.19. The Bertz CT molecular complexity index is 1020. The smallest absolute Gasteiger partial charge is 0.251 e. The van der Waals surface area contributed by atoms with Crippen molar-refractivity contribution in [3.63, 3.8) is 0 Å². The Balaban J connectivity index is 1.64. The molecule has 3 aromatic rings. The van der Waals surface area contributed by atoms with Crippen molar-refractivity contribution in [2.24, 2.45) is 0 Å². The minimum atomic E-state index is -0.153. The highest BCUT2D eigenvalue weighted by Gasteiger charge is 2.16. The van der Waals surface area contributed by atoms with E-state index in [0.717, 1.165) is 17.5 Å². The summed E-state index contributed by atoms with van der Waals surface area (Å²) < 4.78 is 16.5. The number of carbonyl (C=O) groups excluding carboxylic acids is 1. The third kappa shape index (κ3) is 5.70. The number of hydrogen-bond acceptors (Lipinski definition) is 4. The lowest BCUT2D eigenvalue weighted by Crippen LogP contribution is -2.28. The van der Waals surface area contributed by atoms with Crippen molar-refractivity contribution in [3.05, 3.63) is 88.4 Å². The Hall–Kier alpha value is -3.18. The largest absolute Gasteiger partial charge is 0.493 e. The molecule has 31 heavy (non-hydrogen) atoms. The molecule has 0 spiro atoms. The van der Waals surface area contributed by atoms with E-state index in [9.17, 15) is 4.79 Å². The lowest BCUT2D eigenvalue weighted by molar-refractivity contribution is 0.0935. The van der Waals surface area contributed by atoms with E-state index in [1.54, 1.807) is 38.5 Å². The number of methoxy groups -OCH3 is 2. The maximum Gasteiger partial charge on any atom is 0.251 e. The first-order chi connectivity index (χ1) is 15.0. The fourth-order valence-electron chi connectivity index (χ4n) is 3.21. The molecule has 1 unspecified atom stereocenters. The summed E-state index contributed by atoms with van der Waals surface area (Å²) in [6.07, 6.45) is 0.736. The molecule has 0 aromatic heterocycles. The first kappa shape index (κ1) is 22.5. The van der Waals surface area contributed by atoms with Gasteiger partial charge < -0.3 is 19.5 Å². The lowest BCUT2D eigenvalue weighted by atomic mass is 10.0. The fraction of sp³-hybridized carbons (Fsp3) is 0.240. The van der Waals surface area contributed by atoms with Gasteiger partial charge in [-0.25, -0.2) is 0 Å². The van der Waals surface area contributed by atoms with Crippen LogP contribution >= 0.6 is 11.6 Å². The molecule has 0 aliphatic heterocycles. The van der Waals surface area contributed by atoms with E-state index in [-0.39, 0.29) is 11.9 Å². The van der Waals surface area contributed by atoms with Crippen LogP contribution in [0, 0.1) is 0 Å². The van der Waals surface area contributed by atoms with Crippen LogP contribution in [0.25, 0.3) is 0 Å². The van der Waals surface area contributed by atoms with E-state index < -0.39 is 0 Å². The Labute approximate surface area is 187 Å². The van der Waals surface area contributed by atoms with Crippen molar-refractivity contribution in [2.75, 3.05) is 14.2 Å². The second-order valence-corrected chi connectivity index (χ2v) is 7.36. The molecule has 5 nitrogen and oxygen atoms in total. The molecule has 1 N–H and O–H groups in total. The van der Waals surface area contributed by atoms with Gasteiger partial charge in [-0.05, 0) is 54.4 Å². The van der Waals surface area contributed by atoms with Gasteiger partial charge in [-0.1, -0.05) is 42.8 Å². The Kier molecular flexibility index (Phi) is 7.79. The number of halogens is 1. The summed E-state index contributed by atoms with van der Waals surface area (Å²) in [6, 6.07) is 20.1. The van der Waals surface area contributed by atoms with Crippen LogP contribution in [0.5, 0.6) is 17.2 Å². The Morgan fingerprint density at radius 3 is 2.32 bits per heavy atom. The van der Waals surface area contributed by atoms with Gasteiger partial charge in [0, 0.05) is 16.1 Å². The van der Waals surface area contributed by atoms with Crippen LogP contribution in [0.15, 0.2) is 66.7 Å². The molecule has 3 aromatic carbocycles. The van der Waals surface area contributed by atoms with E-state index in [1.807, 2.05) is 49.4 Å². The fourth-order valence-corrected chi connectivity index (χ4v) is 3.40. The van der Waals surface area contributed by atoms with Gasteiger partial charge in [0.1, 0.15) is 12.4 Å². The molecular weight excluding hydrogens is 414 g/mol. The summed E-state index contributed by atoms with van der Waals surface area (Å²) in [7, 11) is 3.19. The van der Waals surface area contributed by atoms with Gasteiger partial charge in [0.2, 0.25) is 0 Å². The normalized spacial score (nSPS) is 11.5. The third-order valence-corrected chi connectivity index (χ3v) is 5.36. The maximum absolute atomic E-state index is 12.8. The quantitative estimate of drug-likeness (QED) is 0.456. The molecule has 162 valence electrons. The van der Waals surface area contributed by atoms with Crippen molar-refractivity contribution in [1.29, 1.82) is 0 Å². The zero-order chi connectivity index (χ0) is 22.2. The summed E-state index contributed by atoms with van der Waals surface area (Å²) in [5.74, 6) is 1.80. The number of carbonyl (C=O) groups is 1. The van der Waals surface area contributed by atoms with Crippen LogP contribution in [0.2, 0.25) is 5.02 Å². The van der Waals surface area contributed by atoms with Crippen molar-refractivity contribution < 1.29 is 19.0 Å². The predicted octanol–water partition coefficient (Wildman–Crippen LogP) is 5.82.